The van der Waals surface area contributed by atoms with Gasteiger partial charge in [-0.15, -0.1) is 0 Å². The summed E-state index contributed by atoms with van der Waals surface area (Å²) in [5, 5.41) is 0. The molecular formula is C15H28N2. The van der Waals surface area contributed by atoms with E-state index in [0.717, 1.165) is 30.3 Å². The Morgan fingerprint density at radius 3 is 2.53 bits per heavy atom. The number of hydrogen-bond donors (Lipinski definition) is 1. The van der Waals surface area contributed by atoms with Gasteiger partial charge in [-0.05, 0) is 63.3 Å². The van der Waals surface area contributed by atoms with Crippen LogP contribution in [0.2, 0.25) is 0 Å². The molecule has 2 aliphatic carbocycles. The van der Waals surface area contributed by atoms with E-state index in [1.165, 1.54) is 45.1 Å². The minimum atomic E-state index is 0.391. The van der Waals surface area contributed by atoms with E-state index in [9.17, 15) is 0 Å². The molecular weight excluding hydrogens is 208 g/mol. The van der Waals surface area contributed by atoms with Crippen molar-refractivity contribution >= 4 is 0 Å². The highest BCUT2D eigenvalue weighted by Crippen LogP contribution is 2.54. The zero-order valence-electron chi connectivity index (χ0n) is 11.5. The first-order valence-corrected chi connectivity index (χ1v) is 7.62. The van der Waals surface area contributed by atoms with Crippen molar-refractivity contribution in [3.63, 3.8) is 0 Å². The molecule has 2 bridgehead atoms. The largest absolute Gasteiger partial charge is 0.329 e. The molecule has 5 unspecified atom stereocenters. The molecule has 1 saturated heterocycles. The Morgan fingerprint density at radius 1 is 1.18 bits per heavy atom. The Kier molecular flexibility index (Phi) is 2.99. The van der Waals surface area contributed by atoms with E-state index in [-0.39, 0.29) is 0 Å². The minimum Gasteiger partial charge on any atom is -0.329 e. The Hall–Kier alpha value is -0.0800. The van der Waals surface area contributed by atoms with Crippen LogP contribution in [0.15, 0.2) is 0 Å². The van der Waals surface area contributed by atoms with Crippen LogP contribution in [0, 0.1) is 17.8 Å². The van der Waals surface area contributed by atoms with Crippen LogP contribution in [0.1, 0.15) is 52.4 Å². The SMILES string of the molecule is CC1CCN(C2(CN)CC3CCC2C3)C(C)C1. The zero-order valence-corrected chi connectivity index (χ0v) is 11.5. The van der Waals surface area contributed by atoms with Gasteiger partial charge in [-0.2, -0.15) is 0 Å². The summed E-state index contributed by atoms with van der Waals surface area (Å²) in [7, 11) is 0. The first-order valence-electron chi connectivity index (χ1n) is 7.62. The molecule has 0 spiro atoms. The van der Waals surface area contributed by atoms with Gasteiger partial charge >= 0.3 is 0 Å². The van der Waals surface area contributed by atoms with Gasteiger partial charge in [-0.3, -0.25) is 4.90 Å². The first kappa shape index (κ1) is 12.0. The number of likely N-dealkylation sites (tertiary alicyclic amines) is 1. The average molecular weight is 236 g/mol. The maximum absolute atomic E-state index is 6.24. The van der Waals surface area contributed by atoms with Gasteiger partial charge in [0.15, 0.2) is 0 Å². The summed E-state index contributed by atoms with van der Waals surface area (Å²) in [4.78, 5) is 2.82. The lowest BCUT2D eigenvalue weighted by Crippen LogP contribution is -2.62. The maximum atomic E-state index is 6.24. The summed E-state index contributed by atoms with van der Waals surface area (Å²) in [5.41, 5.74) is 6.63. The maximum Gasteiger partial charge on any atom is 0.0365 e. The second kappa shape index (κ2) is 4.24. The topological polar surface area (TPSA) is 29.3 Å². The van der Waals surface area contributed by atoms with E-state index in [0.29, 0.717) is 5.54 Å². The van der Waals surface area contributed by atoms with Crippen molar-refractivity contribution in [2.75, 3.05) is 13.1 Å². The van der Waals surface area contributed by atoms with E-state index in [1.54, 1.807) is 0 Å². The third kappa shape index (κ3) is 1.76. The van der Waals surface area contributed by atoms with Gasteiger partial charge in [-0.1, -0.05) is 13.3 Å². The fourth-order valence-electron chi connectivity index (χ4n) is 5.20. The lowest BCUT2D eigenvalue weighted by atomic mass is 9.76. The molecule has 17 heavy (non-hydrogen) atoms. The first-order chi connectivity index (χ1) is 8.15. The van der Waals surface area contributed by atoms with E-state index < -0.39 is 0 Å². The number of fused-ring (bicyclic) bond motifs is 2. The number of nitrogens with zero attached hydrogens (tertiary/aromatic N) is 1. The molecule has 0 radical (unpaired) electrons. The van der Waals surface area contributed by atoms with Crippen LogP contribution >= 0.6 is 0 Å². The third-order valence-electron chi connectivity index (χ3n) is 6.01. The van der Waals surface area contributed by atoms with Gasteiger partial charge < -0.3 is 5.73 Å². The van der Waals surface area contributed by atoms with Gasteiger partial charge in [0, 0.05) is 18.1 Å². The highest BCUT2D eigenvalue weighted by atomic mass is 15.3. The normalized spacial score (nSPS) is 51.0. The van der Waals surface area contributed by atoms with Gasteiger partial charge in [-0.25, -0.2) is 0 Å². The standard InChI is InChI=1S/C15H28N2/c1-11-5-6-17(12(2)7-11)15(10-16)9-13-3-4-14(15)8-13/h11-14H,3-10,16H2,1-2H3. The summed E-state index contributed by atoms with van der Waals surface area (Å²) in [6, 6.07) is 0.752. The van der Waals surface area contributed by atoms with Gasteiger partial charge in [0.25, 0.3) is 0 Å². The van der Waals surface area contributed by atoms with Gasteiger partial charge in [0.05, 0.1) is 0 Å². The molecule has 1 heterocycles. The number of rotatable bonds is 2. The summed E-state index contributed by atoms with van der Waals surface area (Å²) < 4.78 is 0. The van der Waals surface area contributed by atoms with Crippen molar-refractivity contribution in [2.24, 2.45) is 23.5 Å². The van der Waals surface area contributed by atoms with E-state index in [4.69, 9.17) is 5.73 Å². The van der Waals surface area contributed by atoms with Crippen molar-refractivity contribution in [3.05, 3.63) is 0 Å². The molecule has 0 aromatic heterocycles. The highest BCUT2D eigenvalue weighted by Gasteiger charge is 2.54. The molecule has 3 aliphatic rings. The summed E-state index contributed by atoms with van der Waals surface area (Å²) in [5.74, 6) is 2.82. The van der Waals surface area contributed by atoms with Crippen LogP contribution in [-0.2, 0) is 0 Å². The van der Waals surface area contributed by atoms with Crippen molar-refractivity contribution in [1.82, 2.24) is 4.90 Å². The van der Waals surface area contributed by atoms with E-state index in [2.05, 4.69) is 18.7 Å². The van der Waals surface area contributed by atoms with Gasteiger partial charge in [0.1, 0.15) is 0 Å². The second-order valence-electron chi connectivity index (χ2n) is 7.06. The number of piperidine rings is 1. The molecule has 1 aliphatic heterocycles. The monoisotopic (exact) mass is 236 g/mol. The summed E-state index contributed by atoms with van der Waals surface area (Å²) >= 11 is 0. The molecule has 2 saturated carbocycles. The lowest BCUT2D eigenvalue weighted by Gasteiger charge is -2.52. The minimum absolute atomic E-state index is 0.391. The van der Waals surface area contributed by atoms with Crippen LogP contribution in [0.3, 0.4) is 0 Å². The molecule has 3 rings (SSSR count). The van der Waals surface area contributed by atoms with Crippen molar-refractivity contribution in [3.8, 4) is 0 Å². The number of hydrogen-bond acceptors (Lipinski definition) is 2. The fourth-order valence-corrected chi connectivity index (χ4v) is 5.20. The number of nitrogens with two attached hydrogens (primary N) is 1. The van der Waals surface area contributed by atoms with Crippen LogP contribution in [0.25, 0.3) is 0 Å². The van der Waals surface area contributed by atoms with Crippen LogP contribution in [-0.4, -0.2) is 29.6 Å². The molecule has 0 aromatic rings. The molecule has 3 fully saturated rings. The molecule has 98 valence electrons. The molecule has 5 atom stereocenters. The Balaban J connectivity index is 1.81. The highest BCUT2D eigenvalue weighted by molar-refractivity contribution is 5.09. The molecule has 0 aromatic carbocycles. The van der Waals surface area contributed by atoms with Crippen LogP contribution < -0.4 is 5.73 Å². The average Bonchev–Trinajstić information content (AvgIpc) is 2.89. The second-order valence-corrected chi connectivity index (χ2v) is 7.06. The van der Waals surface area contributed by atoms with Crippen molar-refractivity contribution in [2.45, 2.75) is 64.0 Å². The zero-order chi connectivity index (χ0) is 12.0. The Labute approximate surface area is 106 Å². The lowest BCUT2D eigenvalue weighted by molar-refractivity contribution is -0.0195. The quantitative estimate of drug-likeness (QED) is 0.798. The summed E-state index contributed by atoms with van der Waals surface area (Å²) in [6.45, 7) is 7.03. The van der Waals surface area contributed by atoms with Crippen molar-refractivity contribution < 1.29 is 0 Å². The van der Waals surface area contributed by atoms with Crippen molar-refractivity contribution in [1.29, 1.82) is 0 Å². The summed E-state index contributed by atoms with van der Waals surface area (Å²) in [6.07, 6.45) is 8.54. The molecule has 2 nitrogen and oxygen atoms in total. The molecule has 2 N–H and O–H groups in total. The predicted molar refractivity (Wildman–Crippen MR) is 71.8 cm³/mol. The Bertz CT molecular complexity index is 291. The molecule has 0 amide bonds. The predicted octanol–water partition coefficient (Wildman–Crippen LogP) is 2.62. The smallest absolute Gasteiger partial charge is 0.0365 e. The Morgan fingerprint density at radius 2 is 2.00 bits per heavy atom. The van der Waals surface area contributed by atoms with Crippen LogP contribution in [0.5, 0.6) is 0 Å². The van der Waals surface area contributed by atoms with Crippen LogP contribution in [0.4, 0.5) is 0 Å². The van der Waals surface area contributed by atoms with E-state index in [1.807, 2.05) is 0 Å². The molecule has 2 heteroatoms. The fraction of sp³-hybridized carbons (Fsp3) is 1.00. The third-order valence-corrected chi connectivity index (χ3v) is 6.01. The van der Waals surface area contributed by atoms with Gasteiger partial charge in [0.2, 0.25) is 0 Å². The van der Waals surface area contributed by atoms with E-state index >= 15 is 0 Å².